The molecule has 0 aliphatic heterocycles. The lowest BCUT2D eigenvalue weighted by molar-refractivity contribution is 0.0951. The van der Waals surface area contributed by atoms with Gasteiger partial charge in [0.05, 0.1) is 13.7 Å². The number of hydrogen-bond donors (Lipinski definition) is 1. The number of amides is 1. The fraction of sp³-hybridized carbons (Fsp3) is 0.438. The summed E-state index contributed by atoms with van der Waals surface area (Å²) in [6, 6.07) is 5.13. The van der Waals surface area contributed by atoms with Crippen LogP contribution in [0.15, 0.2) is 24.5 Å². The molecule has 0 bridgehead atoms. The number of ether oxygens (including phenoxy) is 2. The van der Waals surface area contributed by atoms with E-state index in [-0.39, 0.29) is 11.8 Å². The summed E-state index contributed by atoms with van der Waals surface area (Å²) in [7, 11) is 3.43. The lowest BCUT2D eigenvalue weighted by Gasteiger charge is -2.13. The Kier molecular flexibility index (Phi) is 5.56. The first-order chi connectivity index (χ1) is 11.1. The SMILES string of the molecule is CCOc1ccc(C(=O)NC[C@H](C)c2nncn2C)cc1OC. The molecule has 0 aliphatic carbocycles. The van der Waals surface area contributed by atoms with Gasteiger partial charge in [0.15, 0.2) is 11.5 Å². The molecule has 1 amide bonds. The molecule has 2 rings (SSSR count). The van der Waals surface area contributed by atoms with Crippen molar-refractivity contribution < 1.29 is 14.3 Å². The van der Waals surface area contributed by atoms with Crippen LogP contribution >= 0.6 is 0 Å². The van der Waals surface area contributed by atoms with Crippen LogP contribution in [0.2, 0.25) is 0 Å². The van der Waals surface area contributed by atoms with Gasteiger partial charge in [-0.25, -0.2) is 0 Å². The predicted octanol–water partition coefficient (Wildman–Crippen LogP) is 1.76. The molecule has 1 N–H and O–H groups in total. The first-order valence-electron chi connectivity index (χ1n) is 7.49. The van der Waals surface area contributed by atoms with Crippen molar-refractivity contribution in [1.82, 2.24) is 20.1 Å². The average Bonchev–Trinajstić information content (AvgIpc) is 2.99. The van der Waals surface area contributed by atoms with Crippen molar-refractivity contribution in [3.05, 3.63) is 35.9 Å². The van der Waals surface area contributed by atoms with Crippen molar-refractivity contribution in [3.8, 4) is 11.5 Å². The minimum absolute atomic E-state index is 0.0658. The normalized spacial score (nSPS) is 11.8. The molecule has 0 saturated heterocycles. The van der Waals surface area contributed by atoms with E-state index in [2.05, 4.69) is 15.5 Å². The van der Waals surface area contributed by atoms with Gasteiger partial charge in [0, 0.05) is 25.1 Å². The van der Waals surface area contributed by atoms with Crippen LogP contribution in [0.5, 0.6) is 11.5 Å². The molecule has 7 heteroatoms. The minimum atomic E-state index is -0.166. The van der Waals surface area contributed by atoms with Gasteiger partial charge in [-0.1, -0.05) is 6.92 Å². The lowest BCUT2D eigenvalue weighted by Crippen LogP contribution is -2.28. The van der Waals surface area contributed by atoms with Crippen LogP contribution in [0.4, 0.5) is 0 Å². The van der Waals surface area contributed by atoms with E-state index < -0.39 is 0 Å². The Hall–Kier alpha value is -2.57. The van der Waals surface area contributed by atoms with E-state index in [1.54, 1.807) is 31.6 Å². The Morgan fingerprint density at radius 2 is 2.17 bits per heavy atom. The second-order valence-corrected chi connectivity index (χ2v) is 5.21. The summed E-state index contributed by atoms with van der Waals surface area (Å²) >= 11 is 0. The van der Waals surface area contributed by atoms with Gasteiger partial charge in [0.25, 0.3) is 5.91 Å². The highest BCUT2D eigenvalue weighted by molar-refractivity contribution is 5.94. The summed E-state index contributed by atoms with van der Waals surface area (Å²) in [6.45, 7) is 4.90. The van der Waals surface area contributed by atoms with Crippen molar-refractivity contribution >= 4 is 5.91 Å². The van der Waals surface area contributed by atoms with Crippen molar-refractivity contribution in [2.75, 3.05) is 20.3 Å². The van der Waals surface area contributed by atoms with Gasteiger partial charge < -0.3 is 19.4 Å². The Bertz CT molecular complexity index is 669. The van der Waals surface area contributed by atoms with Crippen molar-refractivity contribution in [2.24, 2.45) is 7.05 Å². The molecule has 0 unspecified atom stereocenters. The molecule has 2 aromatic rings. The number of nitrogens with zero attached hydrogens (tertiary/aromatic N) is 3. The highest BCUT2D eigenvalue weighted by atomic mass is 16.5. The predicted molar refractivity (Wildman–Crippen MR) is 85.9 cm³/mol. The summed E-state index contributed by atoms with van der Waals surface area (Å²) in [5.41, 5.74) is 0.524. The third-order valence-corrected chi connectivity index (χ3v) is 3.48. The minimum Gasteiger partial charge on any atom is -0.493 e. The van der Waals surface area contributed by atoms with Gasteiger partial charge >= 0.3 is 0 Å². The molecule has 124 valence electrons. The maximum absolute atomic E-state index is 12.3. The number of carbonyl (C=O) groups is 1. The summed E-state index contributed by atoms with van der Waals surface area (Å²) in [4.78, 5) is 12.3. The highest BCUT2D eigenvalue weighted by Crippen LogP contribution is 2.28. The Morgan fingerprint density at radius 1 is 1.39 bits per heavy atom. The topological polar surface area (TPSA) is 78.3 Å². The van der Waals surface area contributed by atoms with Gasteiger partial charge in [-0.15, -0.1) is 10.2 Å². The van der Waals surface area contributed by atoms with E-state index in [9.17, 15) is 4.79 Å². The second kappa shape index (κ2) is 7.62. The molecule has 1 atom stereocenters. The largest absolute Gasteiger partial charge is 0.493 e. The molecule has 1 heterocycles. The Labute approximate surface area is 135 Å². The summed E-state index contributed by atoms with van der Waals surface area (Å²) in [6.07, 6.45) is 1.64. The molecule has 0 saturated carbocycles. The number of benzene rings is 1. The summed E-state index contributed by atoms with van der Waals surface area (Å²) in [5.74, 6) is 1.89. The number of aromatic nitrogens is 3. The summed E-state index contributed by atoms with van der Waals surface area (Å²) in [5, 5.41) is 10.8. The van der Waals surface area contributed by atoms with E-state index in [0.29, 0.717) is 30.2 Å². The molecular formula is C16H22N4O3. The maximum Gasteiger partial charge on any atom is 0.251 e. The van der Waals surface area contributed by atoms with Crippen molar-refractivity contribution in [2.45, 2.75) is 19.8 Å². The van der Waals surface area contributed by atoms with Crippen LogP contribution in [0, 0.1) is 0 Å². The zero-order valence-corrected chi connectivity index (χ0v) is 13.9. The van der Waals surface area contributed by atoms with E-state index in [4.69, 9.17) is 9.47 Å². The smallest absolute Gasteiger partial charge is 0.251 e. The Morgan fingerprint density at radius 3 is 2.78 bits per heavy atom. The lowest BCUT2D eigenvalue weighted by atomic mass is 10.1. The fourth-order valence-corrected chi connectivity index (χ4v) is 2.26. The van der Waals surface area contributed by atoms with E-state index in [1.165, 1.54) is 0 Å². The van der Waals surface area contributed by atoms with Crippen LogP contribution in [0.1, 0.15) is 35.9 Å². The number of nitrogens with one attached hydrogen (secondary N) is 1. The van der Waals surface area contributed by atoms with Gasteiger partial charge in [-0.05, 0) is 25.1 Å². The van der Waals surface area contributed by atoms with E-state index in [0.717, 1.165) is 5.82 Å². The van der Waals surface area contributed by atoms with Crippen LogP contribution in [-0.2, 0) is 7.05 Å². The summed E-state index contributed by atoms with van der Waals surface area (Å²) < 4.78 is 12.6. The van der Waals surface area contributed by atoms with Gasteiger partial charge in [0.2, 0.25) is 0 Å². The molecule has 23 heavy (non-hydrogen) atoms. The number of aryl methyl sites for hydroxylation is 1. The number of rotatable bonds is 7. The van der Waals surface area contributed by atoms with Crippen LogP contribution in [-0.4, -0.2) is 40.9 Å². The number of carbonyl (C=O) groups excluding carboxylic acids is 1. The van der Waals surface area contributed by atoms with Gasteiger partial charge in [-0.3, -0.25) is 4.79 Å². The Balaban J connectivity index is 2.02. The monoisotopic (exact) mass is 318 g/mol. The average molecular weight is 318 g/mol. The molecular weight excluding hydrogens is 296 g/mol. The first-order valence-corrected chi connectivity index (χ1v) is 7.49. The second-order valence-electron chi connectivity index (χ2n) is 5.21. The van der Waals surface area contributed by atoms with Crippen LogP contribution in [0.3, 0.4) is 0 Å². The molecule has 0 radical (unpaired) electrons. The molecule has 0 spiro atoms. The zero-order chi connectivity index (χ0) is 16.8. The number of hydrogen-bond acceptors (Lipinski definition) is 5. The van der Waals surface area contributed by atoms with Crippen molar-refractivity contribution in [1.29, 1.82) is 0 Å². The van der Waals surface area contributed by atoms with E-state index in [1.807, 2.05) is 25.5 Å². The van der Waals surface area contributed by atoms with Crippen LogP contribution in [0.25, 0.3) is 0 Å². The van der Waals surface area contributed by atoms with Gasteiger partial charge in [0.1, 0.15) is 12.2 Å². The standard InChI is InChI=1S/C16H22N4O3/c1-5-23-13-7-6-12(8-14(13)22-4)16(21)17-9-11(2)15-19-18-10-20(15)3/h6-8,10-11H,5,9H2,1-4H3,(H,17,21)/t11-/m0/s1. The molecule has 1 aromatic heterocycles. The molecule has 0 fully saturated rings. The fourth-order valence-electron chi connectivity index (χ4n) is 2.26. The maximum atomic E-state index is 12.3. The molecule has 0 aliphatic rings. The molecule has 1 aromatic carbocycles. The quantitative estimate of drug-likeness (QED) is 0.841. The first kappa shape index (κ1) is 16.8. The zero-order valence-electron chi connectivity index (χ0n) is 13.9. The number of methoxy groups -OCH3 is 1. The highest BCUT2D eigenvalue weighted by Gasteiger charge is 2.15. The van der Waals surface area contributed by atoms with Gasteiger partial charge in [-0.2, -0.15) is 0 Å². The van der Waals surface area contributed by atoms with Crippen LogP contribution < -0.4 is 14.8 Å². The van der Waals surface area contributed by atoms with Crippen molar-refractivity contribution in [3.63, 3.8) is 0 Å². The third kappa shape index (κ3) is 4.00. The van der Waals surface area contributed by atoms with E-state index >= 15 is 0 Å². The third-order valence-electron chi connectivity index (χ3n) is 3.48. The molecule has 7 nitrogen and oxygen atoms in total.